The standard InChI is InChI=1S/C14H22N6OS/c1-3-7-22-14-16-12(15)11-13(17-14)20(19-18-11)9-5-6-10(8-9)21-4-2/h9-10H,3-8H2,1-2H3,(H2,15,16,17). The average molecular weight is 322 g/mol. The van der Waals surface area contributed by atoms with Gasteiger partial charge in [-0.2, -0.15) is 0 Å². The van der Waals surface area contributed by atoms with Gasteiger partial charge in [-0.1, -0.05) is 23.9 Å². The van der Waals surface area contributed by atoms with Crippen LogP contribution in [0.1, 0.15) is 45.6 Å². The number of nitrogens with two attached hydrogens (primary N) is 1. The van der Waals surface area contributed by atoms with Crippen LogP contribution < -0.4 is 5.73 Å². The first kappa shape index (κ1) is 15.5. The van der Waals surface area contributed by atoms with Gasteiger partial charge in [0.25, 0.3) is 0 Å². The zero-order chi connectivity index (χ0) is 15.5. The lowest BCUT2D eigenvalue weighted by Crippen LogP contribution is -2.12. The summed E-state index contributed by atoms with van der Waals surface area (Å²) < 4.78 is 7.63. The summed E-state index contributed by atoms with van der Waals surface area (Å²) in [6, 6.07) is 0.278. The van der Waals surface area contributed by atoms with Gasteiger partial charge in [0, 0.05) is 12.4 Å². The van der Waals surface area contributed by atoms with Crippen molar-refractivity contribution in [3.05, 3.63) is 0 Å². The molecule has 1 saturated carbocycles. The third-order valence-corrected chi connectivity index (χ3v) is 4.92. The minimum Gasteiger partial charge on any atom is -0.382 e. The van der Waals surface area contributed by atoms with E-state index in [1.807, 2.05) is 11.6 Å². The zero-order valence-corrected chi connectivity index (χ0v) is 13.8. The largest absolute Gasteiger partial charge is 0.382 e. The Balaban J connectivity index is 1.88. The molecule has 0 radical (unpaired) electrons. The Morgan fingerprint density at radius 3 is 2.95 bits per heavy atom. The van der Waals surface area contributed by atoms with Gasteiger partial charge >= 0.3 is 0 Å². The number of ether oxygens (including phenoxy) is 1. The van der Waals surface area contributed by atoms with Crippen LogP contribution in [-0.2, 0) is 4.74 Å². The van der Waals surface area contributed by atoms with E-state index in [1.54, 1.807) is 11.8 Å². The summed E-state index contributed by atoms with van der Waals surface area (Å²) >= 11 is 1.62. The maximum atomic E-state index is 6.01. The van der Waals surface area contributed by atoms with Crippen molar-refractivity contribution in [2.75, 3.05) is 18.1 Å². The number of anilines is 1. The smallest absolute Gasteiger partial charge is 0.191 e. The predicted octanol–water partition coefficient (Wildman–Crippen LogP) is 2.44. The van der Waals surface area contributed by atoms with E-state index >= 15 is 0 Å². The van der Waals surface area contributed by atoms with Crippen LogP contribution in [0, 0.1) is 0 Å². The molecule has 0 amide bonds. The predicted molar refractivity (Wildman–Crippen MR) is 86.8 cm³/mol. The lowest BCUT2D eigenvalue weighted by molar-refractivity contribution is 0.0655. The van der Waals surface area contributed by atoms with Crippen LogP contribution in [0.4, 0.5) is 5.82 Å². The number of nitrogen functional groups attached to an aromatic ring is 1. The average Bonchev–Trinajstić information content (AvgIpc) is 3.12. The highest BCUT2D eigenvalue weighted by atomic mass is 32.2. The fourth-order valence-corrected chi connectivity index (χ4v) is 3.56. The fourth-order valence-electron chi connectivity index (χ4n) is 2.86. The minimum absolute atomic E-state index is 0.278. The van der Waals surface area contributed by atoms with Crippen LogP contribution in [0.25, 0.3) is 11.2 Å². The van der Waals surface area contributed by atoms with Gasteiger partial charge in [0.05, 0.1) is 12.1 Å². The summed E-state index contributed by atoms with van der Waals surface area (Å²) in [5, 5.41) is 9.15. The van der Waals surface area contributed by atoms with Crippen LogP contribution in [0.2, 0.25) is 0 Å². The number of thioether (sulfide) groups is 1. The zero-order valence-electron chi connectivity index (χ0n) is 13.0. The number of aromatic nitrogens is 5. The number of hydrogen-bond donors (Lipinski definition) is 1. The van der Waals surface area contributed by atoms with Gasteiger partial charge in [0.15, 0.2) is 22.1 Å². The number of nitrogens with zero attached hydrogens (tertiary/aromatic N) is 5. The first-order valence-corrected chi connectivity index (χ1v) is 8.84. The highest BCUT2D eigenvalue weighted by Gasteiger charge is 2.29. The van der Waals surface area contributed by atoms with Crippen LogP contribution in [0.5, 0.6) is 0 Å². The Morgan fingerprint density at radius 2 is 2.18 bits per heavy atom. The first-order valence-electron chi connectivity index (χ1n) is 7.85. The molecule has 0 aromatic carbocycles. The fraction of sp³-hybridized carbons (Fsp3) is 0.714. The SMILES string of the molecule is CCCSc1nc(N)c2nnn(C3CCC(OCC)C3)c2n1. The molecule has 3 rings (SSSR count). The maximum Gasteiger partial charge on any atom is 0.191 e. The van der Waals surface area contributed by atoms with Crippen molar-refractivity contribution in [2.24, 2.45) is 0 Å². The Bertz CT molecular complexity index is 646. The highest BCUT2D eigenvalue weighted by Crippen LogP contribution is 2.33. The van der Waals surface area contributed by atoms with Gasteiger partial charge in [-0.05, 0) is 32.6 Å². The van der Waals surface area contributed by atoms with Crippen molar-refractivity contribution in [3.8, 4) is 0 Å². The molecule has 2 N–H and O–H groups in total. The van der Waals surface area contributed by atoms with Crippen molar-refractivity contribution in [1.82, 2.24) is 25.0 Å². The Hall–Kier alpha value is -1.41. The third-order valence-electron chi connectivity index (χ3n) is 3.87. The van der Waals surface area contributed by atoms with Gasteiger partial charge in [-0.25, -0.2) is 14.6 Å². The quantitative estimate of drug-likeness (QED) is 0.645. The molecule has 120 valence electrons. The summed E-state index contributed by atoms with van der Waals surface area (Å²) in [7, 11) is 0. The molecule has 0 spiro atoms. The topological polar surface area (TPSA) is 91.7 Å². The molecule has 2 atom stereocenters. The molecule has 2 heterocycles. The second-order valence-electron chi connectivity index (χ2n) is 5.49. The van der Waals surface area contributed by atoms with E-state index in [1.165, 1.54) is 0 Å². The monoisotopic (exact) mass is 322 g/mol. The molecular weight excluding hydrogens is 300 g/mol. The van der Waals surface area contributed by atoms with E-state index in [0.29, 0.717) is 22.6 Å². The van der Waals surface area contributed by atoms with E-state index in [-0.39, 0.29) is 6.04 Å². The third kappa shape index (κ3) is 3.03. The minimum atomic E-state index is 0.278. The number of rotatable bonds is 6. The van der Waals surface area contributed by atoms with Crippen molar-refractivity contribution >= 4 is 28.7 Å². The van der Waals surface area contributed by atoms with E-state index < -0.39 is 0 Å². The highest BCUT2D eigenvalue weighted by molar-refractivity contribution is 7.99. The summed E-state index contributed by atoms with van der Waals surface area (Å²) in [5.74, 6) is 1.39. The Kier molecular flexibility index (Phi) is 4.77. The number of fused-ring (bicyclic) bond motifs is 1. The molecule has 7 nitrogen and oxygen atoms in total. The van der Waals surface area contributed by atoms with Gasteiger partial charge in [-0.3, -0.25) is 0 Å². The van der Waals surface area contributed by atoms with E-state index in [4.69, 9.17) is 10.5 Å². The summed E-state index contributed by atoms with van der Waals surface area (Å²) in [4.78, 5) is 8.93. The lowest BCUT2D eigenvalue weighted by atomic mass is 10.2. The molecule has 1 aliphatic rings. The van der Waals surface area contributed by atoms with Crippen LogP contribution >= 0.6 is 11.8 Å². The van der Waals surface area contributed by atoms with Crippen molar-refractivity contribution in [2.45, 2.75) is 56.8 Å². The summed E-state index contributed by atoms with van der Waals surface area (Å²) in [6.45, 7) is 4.92. The lowest BCUT2D eigenvalue weighted by Gasteiger charge is -2.12. The van der Waals surface area contributed by atoms with Gasteiger partial charge in [0.2, 0.25) is 0 Å². The number of hydrogen-bond acceptors (Lipinski definition) is 7. The summed E-state index contributed by atoms with van der Waals surface area (Å²) in [5.41, 5.74) is 7.35. The second kappa shape index (κ2) is 6.78. The molecule has 1 aliphatic carbocycles. The van der Waals surface area contributed by atoms with Crippen LogP contribution in [0.15, 0.2) is 5.16 Å². The van der Waals surface area contributed by atoms with Gasteiger partial charge < -0.3 is 10.5 Å². The molecule has 0 saturated heterocycles. The molecule has 0 aliphatic heterocycles. The molecule has 0 bridgehead atoms. The second-order valence-corrected chi connectivity index (χ2v) is 6.55. The molecular formula is C14H22N6OS. The Morgan fingerprint density at radius 1 is 1.32 bits per heavy atom. The van der Waals surface area contributed by atoms with Crippen molar-refractivity contribution < 1.29 is 4.74 Å². The van der Waals surface area contributed by atoms with E-state index in [0.717, 1.165) is 43.7 Å². The Labute approximate surface area is 134 Å². The van der Waals surface area contributed by atoms with Crippen LogP contribution in [-0.4, -0.2) is 43.4 Å². The normalized spacial score (nSPS) is 21.7. The molecule has 22 heavy (non-hydrogen) atoms. The van der Waals surface area contributed by atoms with Crippen LogP contribution in [0.3, 0.4) is 0 Å². The van der Waals surface area contributed by atoms with Gasteiger partial charge in [0.1, 0.15) is 0 Å². The molecule has 2 unspecified atom stereocenters. The summed E-state index contributed by atoms with van der Waals surface area (Å²) in [6.07, 6.45) is 4.42. The maximum absolute atomic E-state index is 6.01. The molecule has 2 aromatic heterocycles. The van der Waals surface area contributed by atoms with Crippen molar-refractivity contribution in [3.63, 3.8) is 0 Å². The first-order chi connectivity index (χ1) is 10.7. The molecule has 1 fully saturated rings. The van der Waals surface area contributed by atoms with Crippen molar-refractivity contribution in [1.29, 1.82) is 0 Å². The molecule has 8 heteroatoms. The van der Waals surface area contributed by atoms with E-state index in [9.17, 15) is 0 Å². The molecule has 2 aromatic rings. The van der Waals surface area contributed by atoms with E-state index in [2.05, 4.69) is 27.2 Å². The van der Waals surface area contributed by atoms with Gasteiger partial charge in [-0.15, -0.1) is 5.10 Å².